The van der Waals surface area contributed by atoms with Crippen LogP contribution in [-0.2, 0) is 24.6 Å². The van der Waals surface area contributed by atoms with Crippen molar-refractivity contribution in [1.29, 1.82) is 0 Å². The molecule has 0 saturated carbocycles. The number of aromatic nitrogens is 5. The maximum Gasteiger partial charge on any atom is 0.294 e. The summed E-state index contributed by atoms with van der Waals surface area (Å²) in [4.78, 5) is 84.6. The van der Waals surface area contributed by atoms with Crippen LogP contribution in [0.2, 0.25) is 0 Å². The van der Waals surface area contributed by atoms with E-state index in [4.69, 9.17) is 14.2 Å². The highest BCUT2D eigenvalue weighted by atomic mass is 32.1. The van der Waals surface area contributed by atoms with E-state index in [-0.39, 0.29) is 35.3 Å². The van der Waals surface area contributed by atoms with Crippen LogP contribution in [0.15, 0.2) is 201 Å². The highest BCUT2D eigenvalue weighted by Crippen LogP contribution is 2.50. The van der Waals surface area contributed by atoms with Gasteiger partial charge in [0.25, 0.3) is 17.7 Å². The van der Waals surface area contributed by atoms with Crippen LogP contribution < -0.4 is 28.9 Å². The minimum absolute atomic E-state index is 0.0695. The molecule has 3 aliphatic rings. The van der Waals surface area contributed by atoms with Gasteiger partial charge in [-0.3, -0.25) is 43.8 Å². The molecule has 3 atom stereocenters. The van der Waals surface area contributed by atoms with E-state index in [0.29, 0.717) is 46.4 Å². The number of hydrogen-bond donors (Lipinski definition) is 5. The number of fused-ring (bicyclic) bond motifs is 1. The van der Waals surface area contributed by atoms with Crippen molar-refractivity contribution in [3.05, 3.63) is 235 Å². The second-order valence-corrected chi connectivity index (χ2v) is 27.9. The summed E-state index contributed by atoms with van der Waals surface area (Å²) in [7, 11) is 4.51. The van der Waals surface area contributed by atoms with E-state index in [1.54, 1.807) is 115 Å². The number of ether oxygens (including phenoxy) is 3. The number of H-pyrrole nitrogens is 1. The fourth-order valence-electron chi connectivity index (χ4n) is 12.1. The molecule has 0 aliphatic carbocycles. The topological polar surface area (TPSA) is 271 Å². The number of nitrogens with zero attached hydrogens (tertiary/aromatic N) is 7. The number of thiophene rings is 3. The van der Waals surface area contributed by atoms with Gasteiger partial charge in [0.15, 0.2) is 28.8 Å². The molecule has 3 amide bonds. The number of anilines is 3. The molecule has 13 rings (SSSR count). The number of amides is 3. The number of carbonyl (C=O) groups is 5. The molecule has 3 aliphatic heterocycles. The summed E-state index contributed by atoms with van der Waals surface area (Å²) in [5, 5.41) is 61.2. The first kappa shape index (κ1) is 69.9. The van der Waals surface area contributed by atoms with Crippen molar-refractivity contribution in [2.24, 2.45) is 10.8 Å². The van der Waals surface area contributed by atoms with Crippen molar-refractivity contribution in [2.45, 2.75) is 78.4 Å². The number of ketones is 2. The first-order valence-electron chi connectivity index (χ1n) is 31.7. The maximum absolute atomic E-state index is 13.6. The number of aliphatic hydroxyl groups excluding tert-OH is 4. The highest BCUT2D eigenvalue weighted by Gasteiger charge is 2.51. The second-order valence-electron chi connectivity index (χ2n) is 25.6. The second kappa shape index (κ2) is 28.9. The van der Waals surface area contributed by atoms with E-state index >= 15 is 0 Å². The van der Waals surface area contributed by atoms with Crippen LogP contribution >= 0.6 is 34.0 Å². The molecule has 3 unspecified atom stereocenters. The van der Waals surface area contributed by atoms with Gasteiger partial charge in [-0.1, -0.05) is 84.9 Å². The van der Waals surface area contributed by atoms with E-state index in [9.17, 15) is 44.4 Å². The van der Waals surface area contributed by atoms with Crippen molar-refractivity contribution < 1.29 is 58.6 Å². The van der Waals surface area contributed by atoms with Crippen LogP contribution in [0.4, 0.5) is 17.1 Å². The summed E-state index contributed by atoms with van der Waals surface area (Å²) in [6, 6.07) is 37.2. The van der Waals surface area contributed by atoms with E-state index in [2.05, 4.69) is 42.0 Å². The number of aromatic amines is 1. The van der Waals surface area contributed by atoms with Crippen molar-refractivity contribution >= 4 is 80.4 Å². The highest BCUT2D eigenvalue weighted by molar-refractivity contribution is 7.08. The standard InChI is InChI=1S/C26H26N2O4S.C25H24N4O3S.C25H24N2O5S/c1-5-26(2,3)23(30)20-21(19-7-6-13-27-24(19)32-4)28(25(31)22(20)29)18-10-8-16(9-11-18)17-12-14-33-15-17;1-25(2,14-30)22-19-20(27-28-22)24(31)29(21(19)18-5-4-11-26-23(18)32-3)17-8-6-15(7-9-17)16-10-12-33-13-16;1-25(2,14-28)22(30)19-20(18-5-4-11-26-23(18)32-3)27(24(31)21(19)29)17-8-6-15(7-9-17)16-10-12-33-13-16/h6-15,21,29H,5H2,1-4H3;4-13,21,30H,14H2,1-3H3,(H,27,28);4-13,20,28-29H,14H2,1-3H3. The zero-order valence-corrected chi connectivity index (χ0v) is 58.5. The summed E-state index contributed by atoms with van der Waals surface area (Å²) in [6.45, 7) is 12.0. The number of aliphatic hydroxyl groups is 4. The van der Waals surface area contributed by atoms with Gasteiger partial charge in [0.2, 0.25) is 17.6 Å². The van der Waals surface area contributed by atoms with Gasteiger partial charge >= 0.3 is 0 Å². The van der Waals surface area contributed by atoms with Gasteiger partial charge in [0.05, 0.1) is 57.1 Å². The van der Waals surface area contributed by atoms with Crippen molar-refractivity contribution in [2.75, 3.05) is 49.2 Å². The predicted molar refractivity (Wildman–Crippen MR) is 384 cm³/mol. The lowest BCUT2D eigenvalue weighted by atomic mass is 9.79. The smallest absolute Gasteiger partial charge is 0.294 e. The first-order valence-corrected chi connectivity index (χ1v) is 34.5. The number of carbonyl (C=O) groups excluding carboxylic acids is 5. The van der Waals surface area contributed by atoms with Gasteiger partial charge in [-0.15, -0.1) is 0 Å². The average molecular weight is 1390 g/mol. The van der Waals surface area contributed by atoms with E-state index in [0.717, 1.165) is 55.9 Å². The Morgan fingerprint density at radius 1 is 0.485 bits per heavy atom. The monoisotopic (exact) mass is 1390 g/mol. The summed E-state index contributed by atoms with van der Waals surface area (Å²) in [5.41, 5.74) is 9.18. The molecule has 0 bridgehead atoms. The van der Waals surface area contributed by atoms with Crippen molar-refractivity contribution in [3.8, 4) is 51.0 Å². The van der Waals surface area contributed by atoms with Crippen LogP contribution in [0.1, 0.15) is 111 Å². The van der Waals surface area contributed by atoms with Gasteiger partial charge in [0, 0.05) is 74.4 Å². The molecule has 5 N–H and O–H groups in total. The average Bonchev–Trinajstić information content (AvgIpc) is 1.59. The zero-order valence-electron chi connectivity index (χ0n) is 56.1. The molecule has 508 valence electrons. The summed E-state index contributed by atoms with van der Waals surface area (Å²) in [6.07, 6.45) is 5.35. The summed E-state index contributed by atoms with van der Waals surface area (Å²) < 4.78 is 16.4. The van der Waals surface area contributed by atoms with Crippen molar-refractivity contribution in [1.82, 2.24) is 25.1 Å². The van der Waals surface area contributed by atoms with Crippen LogP contribution in [0.25, 0.3) is 33.4 Å². The molecular weight excluding hydrogens is 1310 g/mol. The normalized spacial score (nSPS) is 16.2. The Bertz CT molecular complexity index is 4470. The minimum atomic E-state index is -1.20. The predicted octanol–water partition coefficient (Wildman–Crippen LogP) is 14.6. The first-order chi connectivity index (χ1) is 47.5. The molecular formula is C76H74N8O12S3. The molecule has 3 aromatic carbocycles. The van der Waals surface area contributed by atoms with Gasteiger partial charge in [0.1, 0.15) is 12.1 Å². The molecule has 10 heterocycles. The van der Waals surface area contributed by atoms with Gasteiger partial charge in [-0.2, -0.15) is 39.1 Å². The largest absolute Gasteiger partial charge is 0.503 e. The Morgan fingerprint density at radius 2 is 0.838 bits per heavy atom. The Balaban J connectivity index is 0.000000150. The molecule has 0 radical (unpaired) electrons. The zero-order chi connectivity index (χ0) is 70.7. The number of methoxy groups -OCH3 is 3. The number of hydrogen-bond acceptors (Lipinski definition) is 19. The Hall–Kier alpha value is -10.4. The number of pyridine rings is 3. The summed E-state index contributed by atoms with van der Waals surface area (Å²) in [5.74, 6) is -2.53. The number of nitrogens with one attached hydrogen (secondary N) is 1. The van der Waals surface area contributed by atoms with Crippen LogP contribution in [0, 0.1) is 10.8 Å². The van der Waals surface area contributed by atoms with Crippen LogP contribution in [0.5, 0.6) is 17.6 Å². The summed E-state index contributed by atoms with van der Waals surface area (Å²) >= 11 is 4.85. The Morgan fingerprint density at radius 3 is 1.16 bits per heavy atom. The lowest BCUT2D eigenvalue weighted by molar-refractivity contribution is -0.125. The van der Waals surface area contributed by atoms with Gasteiger partial charge < -0.3 is 34.6 Å². The molecule has 0 saturated heterocycles. The van der Waals surface area contributed by atoms with E-state index < -0.39 is 70.1 Å². The van der Waals surface area contributed by atoms with Gasteiger partial charge in [-0.05, 0) is 163 Å². The quantitative estimate of drug-likeness (QED) is 0.0474. The fraction of sp³-hybridized carbons (Fsp3) is 0.250. The number of Topliss-reactive ketones (excluding diaryl/α,β-unsaturated/α-hetero) is 2. The van der Waals surface area contributed by atoms with Crippen molar-refractivity contribution in [3.63, 3.8) is 0 Å². The minimum Gasteiger partial charge on any atom is -0.503 e. The molecule has 20 nitrogen and oxygen atoms in total. The van der Waals surface area contributed by atoms with E-state index in [1.165, 1.54) is 24.0 Å². The van der Waals surface area contributed by atoms with E-state index in [1.807, 2.05) is 141 Å². The lowest BCUT2D eigenvalue weighted by Crippen LogP contribution is -2.35. The van der Waals surface area contributed by atoms with Gasteiger partial charge in [-0.25, -0.2) is 15.0 Å². The third kappa shape index (κ3) is 13.3. The van der Waals surface area contributed by atoms with Crippen LogP contribution in [0.3, 0.4) is 0 Å². The molecule has 10 aromatic rings. The molecule has 99 heavy (non-hydrogen) atoms. The number of rotatable bonds is 20. The molecule has 7 aromatic heterocycles. The lowest BCUT2D eigenvalue weighted by Gasteiger charge is -2.30. The Kier molecular flexibility index (Phi) is 20.4. The molecule has 23 heteroatoms. The molecule has 0 fully saturated rings. The van der Waals surface area contributed by atoms with Crippen LogP contribution in [-0.4, -0.2) is 109 Å². The number of benzene rings is 3. The Labute approximate surface area is 584 Å². The maximum atomic E-state index is 13.6. The third-order valence-electron chi connectivity index (χ3n) is 18.1. The third-order valence-corrected chi connectivity index (χ3v) is 20.2. The SMILES string of the molecule is CCC(C)(C)C(=O)C1=C(O)C(=O)N(c2ccc(-c3ccsc3)cc2)C1c1cccnc1OC.COc1ncccc1C1C(C(=O)C(C)(C)CO)=C(O)C(=O)N1c1ccc(-c2ccsc2)cc1.COc1ncccc1C1c2c(n[nH]c2C(C)(C)CO)C(=O)N1c1ccc(-c2ccsc2)cc1. The molecule has 0 spiro atoms. The fourth-order valence-corrected chi connectivity index (χ4v) is 14.1.